The van der Waals surface area contributed by atoms with Crippen molar-refractivity contribution in [3.63, 3.8) is 0 Å². The van der Waals surface area contributed by atoms with Crippen molar-refractivity contribution < 1.29 is 9.53 Å². The zero-order valence-electron chi connectivity index (χ0n) is 11.3. The minimum atomic E-state index is -0.287. The third-order valence-electron chi connectivity index (χ3n) is 3.32. The second-order valence-electron chi connectivity index (χ2n) is 5.06. The first kappa shape index (κ1) is 12.7. The van der Waals surface area contributed by atoms with Gasteiger partial charge in [0.05, 0.1) is 6.54 Å². The minimum absolute atomic E-state index is 0.0218. The maximum atomic E-state index is 11.6. The number of rotatable bonds is 4. The molecule has 1 aromatic heterocycles. The molecule has 2 aromatic rings. The number of carbonyl (C=O) groups is 1. The molecule has 2 atom stereocenters. The van der Waals surface area contributed by atoms with Gasteiger partial charge in [-0.1, -0.05) is 30.3 Å². The highest BCUT2D eigenvalue weighted by Gasteiger charge is 2.31. The zero-order chi connectivity index (χ0) is 13.9. The number of ether oxygens (including phenoxy) is 1. The van der Waals surface area contributed by atoms with E-state index in [1.54, 1.807) is 0 Å². The lowest BCUT2D eigenvalue weighted by molar-refractivity contribution is -0.141. The topological polar surface area (TPSA) is 56.2 Å². The summed E-state index contributed by atoms with van der Waals surface area (Å²) in [5, 5.41) is 7.55. The van der Waals surface area contributed by atoms with E-state index in [9.17, 15) is 4.79 Å². The molecule has 2 heterocycles. The normalized spacial score (nSPS) is 21.8. The number of esters is 1. The molecule has 1 aliphatic heterocycles. The van der Waals surface area contributed by atoms with Gasteiger partial charge in [0.25, 0.3) is 0 Å². The van der Waals surface area contributed by atoms with Gasteiger partial charge >= 0.3 is 5.97 Å². The number of benzene rings is 1. The number of carbonyl (C=O) groups excluding carboxylic acids is 1. The van der Waals surface area contributed by atoms with Gasteiger partial charge < -0.3 is 10.1 Å². The van der Waals surface area contributed by atoms with E-state index in [1.807, 2.05) is 42.1 Å². The Morgan fingerprint density at radius 1 is 1.35 bits per heavy atom. The lowest BCUT2D eigenvalue weighted by Gasteiger charge is -2.07. The van der Waals surface area contributed by atoms with Crippen molar-refractivity contribution in [3.8, 4) is 0 Å². The Bertz CT molecular complexity index is 594. The van der Waals surface area contributed by atoms with E-state index < -0.39 is 0 Å². The van der Waals surface area contributed by atoms with Crippen molar-refractivity contribution >= 4 is 11.8 Å². The van der Waals surface area contributed by atoms with Gasteiger partial charge in [-0.05, 0) is 12.5 Å². The first-order valence-electron chi connectivity index (χ1n) is 6.75. The van der Waals surface area contributed by atoms with Crippen LogP contribution in [0.15, 0.2) is 42.6 Å². The molecule has 20 heavy (non-hydrogen) atoms. The van der Waals surface area contributed by atoms with Crippen LogP contribution in [0.3, 0.4) is 0 Å². The highest BCUT2D eigenvalue weighted by molar-refractivity contribution is 5.80. The van der Waals surface area contributed by atoms with Crippen LogP contribution in [0.5, 0.6) is 0 Å². The van der Waals surface area contributed by atoms with Crippen molar-refractivity contribution in [1.29, 1.82) is 0 Å². The van der Waals surface area contributed by atoms with Gasteiger partial charge in [0, 0.05) is 18.7 Å². The fraction of sp³-hybridized carbons (Fsp3) is 0.333. The molecule has 5 heteroatoms. The minimum Gasteiger partial charge on any atom is -0.461 e. The highest BCUT2D eigenvalue weighted by atomic mass is 16.6. The second kappa shape index (κ2) is 5.36. The van der Waals surface area contributed by atoms with Crippen LogP contribution in [0.4, 0.5) is 5.82 Å². The summed E-state index contributed by atoms with van der Waals surface area (Å²) in [5.74, 6) is 0.507. The van der Waals surface area contributed by atoms with Crippen molar-refractivity contribution in [2.24, 2.45) is 0 Å². The van der Waals surface area contributed by atoms with Crippen LogP contribution in [0.1, 0.15) is 18.9 Å². The fourth-order valence-corrected chi connectivity index (χ4v) is 2.35. The average Bonchev–Trinajstić information content (AvgIpc) is 2.98. The standard InChI is InChI=1S/C15H17N3O2/c1-11-9-13(15(19)20-11)16-14-7-8-18(17-14)10-12-5-3-2-4-6-12/h2-8,11,13H,9-10H2,1H3,(H,16,17). The number of anilines is 1. The Labute approximate surface area is 117 Å². The first-order chi connectivity index (χ1) is 9.70. The molecular formula is C15H17N3O2. The average molecular weight is 271 g/mol. The molecule has 1 fully saturated rings. The molecule has 5 nitrogen and oxygen atoms in total. The molecule has 0 spiro atoms. The molecule has 104 valence electrons. The van der Waals surface area contributed by atoms with E-state index in [2.05, 4.69) is 22.5 Å². The summed E-state index contributed by atoms with van der Waals surface area (Å²) in [4.78, 5) is 11.6. The Morgan fingerprint density at radius 2 is 2.15 bits per heavy atom. The van der Waals surface area contributed by atoms with E-state index in [0.29, 0.717) is 18.8 Å². The fourth-order valence-electron chi connectivity index (χ4n) is 2.35. The Kier molecular flexibility index (Phi) is 3.41. The van der Waals surface area contributed by atoms with Crippen LogP contribution in [0.2, 0.25) is 0 Å². The Morgan fingerprint density at radius 3 is 2.85 bits per heavy atom. The molecule has 0 bridgehead atoms. The number of nitrogens with one attached hydrogen (secondary N) is 1. The number of hydrogen-bond acceptors (Lipinski definition) is 4. The molecule has 1 aliphatic rings. The van der Waals surface area contributed by atoms with Crippen LogP contribution in [-0.2, 0) is 16.1 Å². The zero-order valence-corrected chi connectivity index (χ0v) is 11.3. The van der Waals surface area contributed by atoms with E-state index in [0.717, 1.165) is 0 Å². The maximum absolute atomic E-state index is 11.6. The third kappa shape index (κ3) is 2.82. The predicted octanol–water partition coefficient (Wildman–Crippen LogP) is 2.05. The summed E-state index contributed by atoms with van der Waals surface area (Å²) in [6.45, 7) is 2.61. The first-order valence-corrected chi connectivity index (χ1v) is 6.75. The Hall–Kier alpha value is -2.30. The molecule has 2 unspecified atom stereocenters. The number of nitrogens with zero attached hydrogens (tertiary/aromatic N) is 2. The molecule has 0 aliphatic carbocycles. The van der Waals surface area contributed by atoms with E-state index in [4.69, 9.17) is 4.74 Å². The molecule has 1 aromatic carbocycles. The molecular weight excluding hydrogens is 254 g/mol. The summed E-state index contributed by atoms with van der Waals surface area (Å²) in [6.07, 6.45) is 2.56. The largest absolute Gasteiger partial charge is 0.461 e. The van der Waals surface area contributed by atoms with Crippen molar-refractivity contribution in [2.75, 3.05) is 5.32 Å². The van der Waals surface area contributed by atoms with Crippen molar-refractivity contribution in [2.45, 2.75) is 32.0 Å². The van der Waals surface area contributed by atoms with Crippen molar-refractivity contribution in [1.82, 2.24) is 9.78 Å². The SMILES string of the molecule is CC1CC(Nc2ccn(Cc3ccccc3)n2)C(=O)O1. The summed E-state index contributed by atoms with van der Waals surface area (Å²) in [7, 11) is 0. The van der Waals surface area contributed by atoms with Crippen LogP contribution in [0, 0.1) is 0 Å². The molecule has 3 rings (SSSR count). The number of hydrogen-bond donors (Lipinski definition) is 1. The van der Waals surface area contributed by atoms with E-state index >= 15 is 0 Å². The third-order valence-corrected chi connectivity index (χ3v) is 3.32. The van der Waals surface area contributed by atoms with Gasteiger partial charge in [0.2, 0.25) is 0 Å². The van der Waals surface area contributed by atoms with Crippen LogP contribution in [0.25, 0.3) is 0 Å². The molecule has 1 saturated heterocycles. The smallest absolute Gasteiger partial charge is 0.329 e. The quantitative estimate of drug-likeness (QED) is 0.865. The monoisotopic (exact) mass is 271 g/mol. The molecule has 1 N–H and O–H groups in total. The van der Waals surface area contributed by atoms with E-state index in [1.165, 1.54) is 5.56 Å². The van der Waals surface area contributed by atoms with Gasteiger partial charge in [0.1, 0.15) is 18.0 Å². The molecule has 0 saturated carbocycles. The predicted molar refractivity (Wildman–Crippen MR) is 75.4 cm³/mol. The van der Waals surface area contributed by atoms with Crippen LogP contribution >= 0.6 is 0 Å². The molecule has 0 radical (unpaired) electrons. The van der Waals surface area contributed by atoms with Gasteiger partial charge in [0.15, 0.2) is 0 Å². The Balaban J connectivity index is 1.64. The van der Waals surface area contributed by atoms with Crippen LogP contribution in [-0.4, -0.2) is 27.9 Å². The summed E-state index contributed by atoms with van der Waals surface area (Å²) in [5.41, 5.74) is 1.19. The summed E-state index contributed by atoms with van der Waals surface area (Å²) < 4.78 is 6.96. The molecule has 0 amide bonds. The van der Waals surface area contributed by atoms with Crippen molar-refractivity contribution in [3.05, 3.63) is 48.2 Å². The summed E-state index contributed by atoms with van der Waals surface area (Å²) in [6, 6.07) is 11.7. The van der Waals surface area contributed by atoms with Crippen LogP contribution < -0.4 is 5.32 Å². The summed E-state index contributed by atoms with van der Waals surface area (Å²) >= 11 is 0. The lowest BCUT2D eigenvalue weighted by Crippen LogP contribution is -2.24. The van der Waals surface area contributed by atoms with Gasteiger partial charge in [-0.25, -0.2) is 4.79 Å². The maximum Gasteiger partial charge on any atom is 0.329 e. The van der Waals surface area contributed by atoms with Gasteiger partial charge in [-0.2, -0.15) is 5.10 Å². The van der Waals surface area contributed by atoms with Gasteiger partial charge in [-0.3, -0.25) is 4.68 Å². The van der Waals surface area contributed by atoms with E-state index in [-0.39, 0.29) is 18.1 Å². The number of aromatic nitrogens is 2. The number of cyclic esters (lactones) is 1. The van der Waals surface area contributed by atoms with Gasteiger partial charge in [-0.15, -0.1) is 0 Å². The lowest BCUT2D eigenvalue weighted by atomic mass is 10.2. The highest BCUT2D eigenvalue weighted by Crippen LogP contribution is 2.18. The second-order valence-corrected chi connectivity index (χ2v) is 5.06.